The van der Waals surface area contributed by atoms with Gasteiger partial charge >= 0.3 is 0 Å². The second-order valence-corrected chi connectivity index (χ2v) is 15.7. The van der Waals surface area contributed by atoms with Crippen LogP contribution in [0, 0.1) is 17.8 Å². The second kappa shape index (κ2) is 9.71. The molecule has 1 saturated heterocycles. The number of ether oxygens (including phenoxy) is 2. The van der Waals surface area contributed by atoms with Gasteiger partial charge in [-0.2, -0.15) is 0 Å². The molecular weight excluding hydrogens is 356 g/mol. The Morgan fingerprint density at radius 3 is 1.93 bits per heavy atom. The summed E-state index contributed by atoms with van der Waals surface area (Å²) < 4.78 is 18.6. The Balaban J connectivity index is 2.81. The maximum atomic E-state index is 11.1. The number of hydrogen-bond acceptors (Lipinski definition) is 4. The highest BCUT2D eigenvalue weighted by Gasteiger charge is 2.46. The highest BCUT2D eigenvalue weighted by atomic mass is 28.4. The molecule has 0 radical (unpaired) electrons. The molecule has 0 amide bonds. The SMILES string of the molecule is CC(C)[Si](OC[C@@H](C)[C@H](O)[C@H](C)[C@H]1OC(C)(C)OC[C@H]1C)(C(C)C)C(C)C. The molecule has 0 spiro atoms. The first-order chi connectivity index (χ1) is 12.3. The molecule has 1 rings (SSSR count). The predicted octanol–water partition coefficient (Wildman–Crippen LogP) is 5.60. The quantitative estimate of drug-likeness (QED) is 0.510. The van der Waals surface area contributed by atoms with Crippen molar-refractivity contribution in [3.05, 3.63) is 0 Å². The minimum absolute atomic E-state index is 0.00602. The molecule has 27 heavy (non-hydrogen) atoms. The van der Waals surface area contributed by atoms with E-state index >= 15 is 0 Å². The molecule has 162 valence electrons. The minimum atomic E-state index is -1.91. The third-order valence-electron chi connectivity index (χ3n) is 6.62. The number of aliphatic hydroxyl groups excluding tert-OH is 1. The van der Waals surface area contributed by atoms with Gasteiger partial charge in [0.1, 0.15) is 0 Å². The Morgan fingerprint density at radius 1 is 1.00 bits per heavy atom. The van der Waals surface area contributed by atoms with Gasteiger partial charge in [-0.25, -0.2) is 0 Å². The van der Waals surface area contributed by atoms with Gasteiger partial charge in [0, 0.05) is 24.4 Å². The first-order valence-corrected chi connectivity index (χ1v) is 13.0. The average molecular weight is 403 g/mol. The van der Waals surface area contributed by atoms with Gasteiger partial charge in [0.25, 0.3) is 0 Å². The van der Waals surface area contributed by atoms with Crippen LogP contribution in [-0.2, 0) is 13.9 Å². The normalized spacial score (nSPS) is 27.2. The first-order valence-electron chi connectivity index (χ1n) is 10.9. The molecule has 1 N–H and O–H groups in total. The smallest absolute Gasteiger partial charge is 0.200 e. The van der Waals surface area contributed by atoms with E-state index in [-0.39, 0.29) is 23.9 Å². The van der Waals surface area contributed by atoms with Crippen LogP contribution in [0.4, 0.5) is 0 Å². The maximum Gasteiger partial charge on any atom is 0.200 e. The van der Waals surface area contributed by atoms with Gasteiger partial charge in [-0.05, 0) is 30.5 Å². The fraction of sp³-hybridized carbons (Fsp3) is 1.00. The summed E-state index contributed by atoms with van der Waals surface area (Å²) in [6.07, 6.45) is -0.460. The lowest BCUT2D eigenvalue weighted by molar-refractivity contribution is -0.304. The summed E-state index contributed by atoms with van der Waals surface area (Å²) in [5.74, 6) is -0.203. The van der Waals surface area contributed by atoms with Gasteiger partial charge in [0.2, 0.25) is 0 Å². The number of rotatable bonds is 9. The lowest BCUT2D eigenvalue weighted by atomic mass is 9.84. The Morgan fingerprint density at radius 2 is 1.48 bits per heavy atom. The van der Waals surface area contributed by atoms with Gasteiger partial charge in [-0.3, -0.25) is 0 Å². The molecule has 0 saturated carbocycles. The summed E-state index contributed by atoms with van der Waals surface area (Å²) in [7, 11) is -1.91. The zero-order valence-electron chi connectivity index (χ0n) is 19.7. The van der Waals surface area contributed by atoms with Crippen LogP contribution in [0.15, 0.2) is 0 Å². The van der Waals surface area contributed by atoms with Gasteiger partial charge < -0.3 is 19.0 Å². The van der Waals surface area contributed by atoms with Crippen molar-refractivity contribution >= 4 is 8.32 Å². The van der Waals surface area contributed by atoms with E-state index in [1.807, 2.05) is 13.8 Å². The van der Waals surface area contributed by atoms with E-state index in [0.717, 1.165) is 0 Å². The zero-order chi connectivity index (χ0) is 21.2. The van der Waals surface area contributed by atoms with Crippen molar-refractivity contribution < 1.29 is 19.0 Å². The molecule has 0 aromatic carbocycles. The molecule has 1 aliphatic rings. The fourth-order valence-electron chi connectivity index (χ4n) is 5.12. The molecular formula is C22H46O4Si. The molecule has 1 fully saturated rings. The average Bonchev–Trinajstić information content (AvgIpc) is 2.55. The van der Waals surface area contributed by atoms with E-state index in [9.17, 15) is 5.11 Å². The van der Waals surface area contributed by atoms with Crippen molar-refractivity contribution in [1.82, 2.24) is 0 Å². The topological polar surface area (TPSA) is 47.9 Å². The fourth-order valence-corrected chi connectivity index (χ4v) is 10.7. The van der Waals surface area contributed by atoms with Crippen LogP contribution in [0.3, 0.4) is 0 Å². The molecule has 0 unspecified atom stereocenters. The molecule has 5 heteroatoms. The highest BCUT2D eigenvalue weighted by molar-refractivity contribution is 6.77. The summed E-state index contributed by atoms with van der Waals surface area (Å²) in [5.41, 5.74) is 1.66. The van der Waals surface area contributed by atoms with Crippen molar-refractivity contribution in [3.8, 4) is 0 Å². The summed E-state index contributed by atoms with van der Waals surface area (Å²) in [4.78, 5) is 0. The summed E-state index contributed by atoms with van der Waals surface area (Å²) in [5, 5.41) is 11.1. The van der Waals surface area contributed by atoms with Crippen LogP contribution in [0.25, 0.3) is 0 Å². The van der Waals surface area contributed by atoms with Crippen molar-refractivity contribution in [1.29, 1.82) is 0 Å². The van der Waals surface area contributed by atoms with E-state index in [4.69, 9.17) is 13.9 Å². The Kier molecular flexibility index (Phi) is 9.02. The van der Waals surface area contributed by atoms with Crippen molar-refractivity contribution in [2.24, 2.45) is 17.8 Å². The lowest BCUT2D eigenvalue weighted by Gasteiger charge is -2.45. The third kappa shape index (κ3) is 5.78. The molecule has 1 aliphatic heterocycles. The maximum absolute atomic E-state index is 11.1. The van der Waals surface area contributed by atoms with Gasteiger partial charge in [-0.15, -0.1) is 0 Å². The van der Waals surface area contributed by atoms with Crippen molar-refractivity contribution in [2.75, 3.05) is 13.2 Å². The second-order valence-electron chi connectivity index (χ2n) is 10.2. The summed E-state index contributed by atoms with van der Waals surface area (Å²) in [6, 6.07) is 0. The van der Waals surface area contributed by atoms with Crippen LogP contribution in [0.2, 0.25) is 16.6 Å². The standard InChI is InChI=1S/C22H46O4Si/c1-14(2)27(15(3)4,16(5)6)25-13-17(7)20(23)19(9)21-18(8)12-24-22(10,11)26-21/h14-21,23H,12-13H2,1-11H3/t17-,18-,19+,20+,21+/m1/s1. The predicted molar refractivity (Wildman–Crippen MR) is 115 cm³/mol. The molecule has 0 aromatic rings. The van der Waals surface area contributed by atoms with Crippen LogP contribution in [0.1, 0.15) is 76.2 Å². The zero-order valence-corrected chi connectivity index (χ0v) is 20.7. The third-order valence-corrected chi connectivity index (χ3v) is 12.7. The molecule has 0 bridgehead atoms. The monoisotopic (exact) mass is 402 g/mol. The largest absolute Gasteiger partial charge is 0.416 e. The Hall–Kier alpha value is 0.0569. The van der Waals surface area contributed by atoms with E-state index in [2.05, 4.69) is 62.3 Å². The van der Waals surface area contributed by atoms with Gasteiger partial charge in [-0.1, -0.05) is 62.3 Å². The van der Waals surface area contributed by atoms with Crippen LogP contribution in [0.5, 0.6) is 0 Å². The van der Waals surface area contributed by atoms with E-state index < -0.39 is 20.2 Å². The van der Waals surface area contributed by atoms with Gasteiger partial charge in [0.15, 0.2) is 14.1 Å². The van der Waals surface area contributed by atoms with E-state index in [1.54, 1.807) is 0 Å². The van der Waals surface area contributed by atoms with Crippen LogP contribution in [-0.4, -0.2) is 44.6 Å². The van der Waals surface area contributed by atoms with Crippen LogP contribution >= 0.6 is 0 Å². The molecule has 1 heterocycles. The molecule has 5 atom stereocenters. The molecule has 0 aliphatic carbocycles. The van der Waals surface area contributed by atoms with Crippen molar-refractivity contribution in [3.63, 3.8) is 0 Å². The van der Waals surface area contributed by atoms with E-state index in [1.165, 1.54) is 0 Å². The Labute approximate surface area is 169 Å². The van der Waals surface area contributed by atoms with Gasteiger partial charge in [0.05, 0.1) is 18.8 Å². The van der Waals surface area contributed by atoms with Crippen molar-refractivity contribution in [2.45, 2.75) is 111 Å². The number of hydrogen-bond donors (Lipinski definition) is 1. The van der Waals surface area contributed by atoms with E-state index in [0.29, 0.717) is 29.8 Å². The lowest BCUT2D eigenvalue weighted by Crippen LogP contribution is -2.52. The number of aliphatic hydroxyl groups is 1. The summed E-state index contributed by atoms with van der Waals surface area (Å²) in [6.45, 7) is 25.3. The Bertz CT molecular complexity index is 428. The first kappa shape index (κ1) is 25.1. The highest BCUT2D eigenvalue weighted by Crippen LogP contribution is 2.43. The molecule has 4 nitrogen and oxygen atoms in total. The summed E-state index contributed by atoms with van der Waals surface area (Å²) >= 11 is 0. The minimum Gasteiger partial charge on any atom is -0.416 e. The van der Waals surface area contributed by atoms with Crippen LogP contribution < -0.4 is 0 Å². The molecule has 0 aromatic heterocycles.